The van der Waals surface area contributed by atoms with Crippen LogP contribution in [0, 0.1) is 11.8 Å². The number of carboxylic acids is 1. The first kappa shape index (κ1) is 12.9. The average molecular weight is 202 g/mol. The number of aliphatic carboxylic acids is 1. The van der Waals surface area contributed by atoms with Gasteiger partial charge in [-0.3, -0.25) is 9.59 Å². The second-order valence-electron chi connectivity index (χ2n) is 3.52. The lowest BCUT2D eigenvalue weighted by Crippen LogP contribution is -2.20. The highest BCUT2D eigenvalue weighted by Crippen LogP contribution is 2.22. The molecule has 0 saturated carbocycles. The molecule has 0 aliphatic heterocycles. The Morgan fingerprint density at radius 3 is 2.29 bits per heavy atom. The molecule has 1 N–H and O–H groups in total. The topological polar surface area (TPSA) is 63.6 Å². The van der Waals surface area contributed by atoms with Crippen LogP contribution in [0.5, 0.6) is 0 Å². The van der Waals surface area contributed by atoms with E-state index in [0.717, 1.165) is 6.42 Å². The predicted molar refractivity (Wildman–Crippen MR) is 51.8 cm³/mol. The summed E-state index contributed by atoms with van der Waals surface area (Å²) in [5.74, 6) is -1.09. The van der Waals surface area contributed by atoms with E-state index in [2.05, 4.69) is 4.74 Å². The van der Waals surface area contributed by atoms with Crippen LogP contribution in [-0.4, -0.2) is 24.2 Å². The fourth-order valence-electron chi connectivity index (χ4n) is 1.33. The number of ether oxygens (including phenoxy) is 1. The van der Waals surface area contributed by atoms with Crippen LogP contribution in [0.3, 0.4) is 0 Å². The van der Waals surface area contributed by atoms with Gasteiger partial charge in [0.25, 0.3) is 0 Å². The molecule has 0 aromatic rings. The summed E-state index contributed by atoms with van der Waals surface area (Å²) in [6.45, 7) is 3.94. The number of carbonyl (C=O) groups excluding carboxylic acids is 1. The molecule has 0 aliphatic rings. The fraction of sp³-hybridized carbons (Fsp3) is 0.800. The standard InChI is InChI=1S/C10H18O4/c1-4-7(2)8(5-9(11)12)6-10(13)14-3/h7-8H,4-6H2,1-3H3,(H,11,12). The second-order valence-corrected chi connectivity index (χ2v) is 3.52. The Kier molecular flexibility index (Phi) is 5.92. The highest BCUT2D eigenvalue weighted by atomic mass is 16.5. The minimum absolute atomic E-state index is 0.0319. The van der Waals surface area contributed by atoms with Gasteiger partial charge >= 0.3 is 11.9 Å². The first-order chi connectivity index (χ1) is 6.51. The average Bonchev–Trinajstić information content (AvgIpc) is 2.14. The van der Waals surface area contributed by atoms with Gasteiger partial charge in [0.1, 0.15) is 0 Å². The molecule has 0 aromatic heterocycles. The van der Waals surface area contributed by atoms with E-state index in [9.17, 15) is 9.59 Å². The molecule has 0 aromatic carbocycles. The van der Waals surface area contributed by atoms with Crippen LogP contribution in [0.2, 0.25) is 0 Å². The van der Waals surface area contributed by atoms with Crippen molar-refractivity contribution in [2.45, 2.75) is 33.1 Å². The van der Waals surface area contributed by atoms with Crippen LogP contribution in [-0.2, 0) is 14.3 Å². The Hall–Kier alpha value is -1.06. The summed E-state index contributed by atoms with van der Waals surface area (Å²) in [5, 5.41) is 8.66. The minimum Gasteiger partial charge on any atom is -0.481 e. The molecule has 0 radical (unpaired) electrons. The number of rotatable bonds is 6. The van der Waals surface area contributed by atoms with Crippen molar-refractivity contribution in [2.24, 2.45) is 11.8 Å². The lowest BCUT2D eigenvalue weighted by atomic mass is 9.86. The Bertz CT molecular complexity index is 200. The lowest BCUT2D eigenvalue weighted by Gasteiger charge is -2.19. The second kappa shape index (κ2) is 6.40. The third-order valence-corrected chi connectivity index (χ3v) is 2.54. The highest BCUT2D eigenvalue weighted by molar-refractivity contribution is 5.72. The molecular formula is C10H18O4. The number of hydrogen-bond acceptors (Lipinski definition) is 3. The smallest absolute Gasteiger partial charge is 0.305 e. The summed E-state index contributed by atoms with van der Waals surface area (Å²) >= 11 is 0. The number of carbonyl (C=O) groups is 2. The molecule has 0 rings (SSSR count). The van der Waals surface area contributed by atoms with Crippen molar-refractivity contribution in [1.29, 1.82) is 0 Å². The van der Waals surface area contributed by atoms with E-state index in [1.165, 1.54) is 7.11 Å². The predicted octanol–water partition coefficient (Wildman–Crippen LogP) is 1.69. The van der Waals surface area contributed by atoms with Crippen LogP contribution in [0.25, 0.3) is 0 Å². The summed E-state index contributed by atoms with van der Waals surface area (Å²) < 4.78 is 4.53. The van der Waals surface area contributed by atoms with Gasteiger partial charge in [-0.2, -0.15) is 0 Å². The van der Waals surface area contributed by atoms with Crippen LogP contribution in [0.4, 0.5) is 0 Å². The van der Waals surface area contributed by atoms with E-state index in [1.807, 2.05) is 13.8 Å². The van der Waals surface area contributed by atoms with Crippen molar-refractivity contribution in [2.75, 3.05) is 7.11 Å². The molecule has 0 spiro atoms. The molecule has 0 aliphatic carbocycles. The zero-order valence-corrected chi connectivity index (χ0v) is 8.95. The van der Waals surface area contributed by atoms with Gasteiger partial charge in [-0.1, -0.05) is 20.3 Å². The summed E-state index contributed by atoms with van der Waals surface area (Å²) in [6, 6.07) is 0. The monoisotopic (exact) mass is 202 g/mol. The Balaban J connectivity index is 4.23. The maximum absolute atomic E-state index is 11.0. The van der Waals surface area contributed by atoms with E-state index in [0.29, 0.717) is 0 Å². The van der Waals surface area contributed by atoms with Gasteiger partial charge in [0.2, 0.25) is 0 Å². The van der Waals surface area contributed by atoms with Crippen LogP contribution >= 0.6 is 0 Å². The van der Waals surface area contributed by atoms with E-state index in [-0.39, 0.29) is 30.6 Å². The van der Waals surface area contributed by atoms with Gasteiger partial charge in [0.05, 0.1) is 7.11 Å². The van der Waals surface area contributed by atoms with Crippen LogP contribution < -0.4 is 0 Å². The highest BCUT2D eigenvalue weighted by Gasteiger charge is 2.22. The molecule has 0 fully saturated rings. The third kappa shape index (κ3) is 4.84. The first-order valence-electron chi connectivity index (χ1n) is 4.79. The van der Waals surface area contributed by atoms with Gasteiger partial charge in [-0.15, -0.1) is 0 Å². The minimum atomic E-state index is -0.862. The van der Waals surface area contributed by atoms with Crippen molar-refractivity contribution in [3.63, 3.8) is 0 Å². The van der Waals surface area contributed by atoms with Gasteiger partial charge in [0.15, 0.2) is 0 Å². The quantitative estimate of drug-likeness (QED) is 0.666. The van der Waals surface area contributed by atoms with Crippen molar-refractivity contribution in [3.05, 3.63) is 0 Å². The molecule has 4 heteroatoms. The molecule has 14 heavy (non-hydrogen) atoms. The molecular weight excluding hydrogens is 184 g/mol. The summed E-state index contributed by atoms with van der Waals surface area (Å²) in [6.07, 6.45) is 1.09. The zero-order chi connectivity index (χ0) is 11.1. The maximum Gasteiger partial charge on any atom is 0.305 e. The number of carboxylic acid groups (broad SMARTS) is 1. The Labute approximate surface area is 84.3 Å². The molecule has 0 amide bonds. The molecule has 2 unspecified atom stereocenters. The summed E-state index contributed by atoms with van der Waals surface area (Å²) in [4.78, 5) is 21.6. The van der Waals surface area contributed by atoms with E-state index in [1.54, 1.807) is 0 Å². The van der Waals surface area contributed by atoms with Crippen molar-refractivity contribution in [1.82, 2.24) is 0 Å². The maximum atomic E-state index is 11.0. The van der Waals surface area contributed by atoms with Gasteiger partial charge in [-0.25, -0.2) is 0 Å². The fourth-order valence-corrected chi connectivity index (χ4v) is 1.33. The third-order valence-electron chi connectivity index (χ3n) is 2.54. The zero-order valence-electron chi connectivity index (χ0n) is 8.95. The summed E-state index contributed by atoms with van der Waals surface area (Å²) in [5.41, 5.74) is 0. The lowest BCUT2D eigenvalue weighted by molar-refractivity contribution is -0.143. The Morgan fingerprint density at radius 1 is 1.36 bits per heavy atom. The van der Waals surface area contributed by atoms with Gasteiger partial charge in [-0.05, 0) is 11.8 Å². The molecule has 0 saturated heterocycles. The normalized spacial score (nSPS) is 14.5. The van der Waals surface area contributed by atoms with E-state index in [4.69, 9.17) is 5.11 Å². The van der Waals surface area contributed by atoms with E-state index >= 15 is 0 Å². The van der Waals surface area contributed by atoms with Crippen molar-refractivity contribution in [3.8, 4) is 0 Å². The number of esters is 1. The number of hydrogen-bond donors (Lipinski definition) is 1. The van der Waals surface area contributed by atoms with Crippen LogP contribution in [0.15, 0.2) is 0 Å². The van der Waals surface area contributed by atoms with Crippen LogP contribution in [0.1, 0.15) is 33.1 Å². The molecule has 82 valence electrons. The summed E-state index contributed by atoms with van der Waals surface area (Å²) in [7, 11) is 1.32. The van der Waals surface area contributed by atoms with Gasteiger partial charge < -0.3 is 9.84 Å². The molecule has 2 atom stereocenters. The molecule has 0 bridgehead atoms. The first-order valence-corrected chi connectivity index (χ1v) is 4.79. The van der Waals surface area contributed by atoms with Crippen molar-refractivity contribution < 1.29 is 19.4 Å². The van der Waals surface area contributed by atoms with E-state index < -0.39 is 5.97 Å². The molecule has 4 nitrogen and oxygen atoms in total. The molecule has 0 heterocycles. The Morgan fingerprint density at radius 2 is 1.93 bits per heavy atom. The number of methoxy groups -OCH3 is 1. The SMILES string of the molecule is CCC(C)C(CC(=O)O)CC(=O)OC. The van der Waals surface area contributed by atoms with Crippen molar-refractivity contribution >= 4 is 11.9 Å². The largest absolute Gasteiger partial charge is 0.481 e. The van der Waals surface area contributed by atoms with Gasteiger partial charge in [0, 0.05) is 12.8 Å².